The van der Waals surface area contributed by atoms with E-state index in [4.69, 9.17) is 27.9 Å². The number of imide groups is 1. The molecule has 15 fully saturated rings. The van der Waals surface area contributed by atoms with Crippen LogP contribution in [0, 0.1) is 82.7 Å². The van der Waals surface area contributed by atoms with Crippen molar-refractivity contribution in [3.05, 3.63) is 171 Å². The number of anilines is 1. The van der Waals surface area contributed by atoms with Gasteiger partial charge in [0.05, 0.1) is 27.9 Å². The Labute approximate surface area is 742 Å². The number of esters is 4. The Bertz CT molecular complexity index is 4710. The molecule has 14 heterocycles. The minimum absolute atomic E-state index is 0.0400. The Morgan fingerprint density at radius 1 is 0.371 bits per heavy atom. The van der Waals surface area contributed by atoms with Gasteiger partial charge in [0, 0.05) is 229 Å². The van der Waals surface area contributed by atoms with E-state index in [9.17, 15) is 43.2 Å². The molecule has 16 aliphatic rings. The third-order valence-corrected chi connectivity index (χ3v) is 32.9. The molecule has 3 saturated carbocycles. The van der Waals surface area contributed by atoms with Gasteiger partial charge >= 0.3 is 23.9 Å². The Morgan fingerprint density at radius 3 is 0.944 bits per heavy atom. The normalized spacial score (nSPS) is 34.8. The van der Waals surface area contributed by atoms with Crippen LogP contribution in [0.15, 0.2) is 139 Å². The van der Waals surface area contributed by atoms with E-state index in [1.807, 2.05) is 64.1 Å². The molecule has 124 heavy (non-hydrogen) atoms. The Kier molecular flexibility index (Phi) is 24.8. The molecule has 0 spiro atoms. The van der Waals surface area contributed by atoms with Gasteiger partial charge in [0.1, 0.15) is 5.02 Å². The minimum Gasteiger partial charge on any atom is -0.392 e. The molecule has 0 unspecified atom stereocenters. The van der Waals surface area contributed by atoms with Crippen LogP contribution in [-0.4, -0.2) is 229 Å². The first-order valence-electron chi connectivity index (χ1n) is 44.8. The maximum atomic E-state index is 12.4. The maximum Gasteiger partial charge on any atom is 0.342 e. The number of aromatic nitrogens is 2. The van der Waals surface area contributed by atoms with Crippen molar-refractivity contribution in [3.8, 4) is 0 Å². The van der Waals surface area contributed by atoms with Crippen LogP contribution in [-0.2, 0) is 78.8 Å². The maximum absolute atomic E-state index is 12.4. The summed E-state index contributed by atoms with van der Waals surface area (Å²) in [6.45, 7) is 51.8. The number of fused-ring (bicyclic) bond motifs is 6. The number of halogens is 2. The van der Waals surface area contributed by atoms with Crippen LogP contribution in [0.4, 0.5) is 5.82 Å². The molecule has 5 aromatic rings. The summed E-state index contributed by atoms with van der Waals surface area (Å²) in [5, 5.41) is 10.2. The lowest BCUT2D eigenvalue weighted by molar-refractivity contribution is -0.157. The van der Waals surface area contributed by atoms with Gasteiger partial charge in [-0.05, 0) is 114 Å². The molecule has 26 heteroatoms. The van der Waals surface area contributed by atoms with Crippen molar-refractivity contribution in [1.82, 2.24) is 60.2 Å². The molecule has 12 saturated heterocycles. The van der Waals surface area contributed by atoms with Crippen LogP contribution in [0.25, 0.3) is 0 Å². The summed E-state index contributed by atoms with van der Waals surface area (Å²) < 4.78 is 9.06. The molecule has 12 atom stereocenters. The van der Waals surface area contributed by atoms with E-state index >= 15 is 0 Å². The van der Waals surface area contributed by atoms with Crippen LogP contribution in [0.5, 0.6) is 0 Å². The van der Waals surface area contributed by atoms with E-state index in [0.29, 0.717) is 99.4 Å². The minimum atomic E-state index is -0.709. The lowest BCUT2D eigenvalue weighted by atomic mass is 9.70. The first kappa shape index (κ1) is 90.5. The third-order valence-electron chi connectivity index (χ3n) is 32.5. The second kappa shape index (κ2) is 34.0. The SMILES string of the molecule is CC1=C(C)C(=O)OC1=O.C[C@@]12CN(C(=O)C3CC3)C[C@]1(C)CN(c1nc(Cl)ncc1Cl)C2.C[C@@]12CN(Cc3ccccc3)C[C@]1(C)C(=O)NC2=O.C[C@@]12CN(Cc3ccccc3)C[C@]1(C)C(=O)OC2=O.C[C@@]12CN(Cc3ccccc3)C[C@]1(C)CN(C(=O)C1CC1)C2.C[C@@]12CNC[C@]1(C)CN(C(=O)C1CC1)C2.C[C@@]12CNC[C@]1(C)CN(Cc1ccccc1)C2. The average molecular weight is 1740 g/mol. The number of benzene rings is 4. The highest BCUT2D eigenvalue weighted by Gasteiger charge is 2.69. The second-order valence-electron chi connectivity index (χ2n) is 42.5. The molecule has 0 radical (unpaired) electrons. The summed E-state index contributed by atoms with van der Waals surface area (Å²) in [5.74, 6) is 0.855. The molecule has 4 aromatic carbocycles. The van der Waals surface area contributed by atoms with Gasteiger partial charge in [0.15, 0.2) is 5.82 Å². The molecule has 0 bridgehead atoms. The number of hydrogen-bond acceptors (Lipinski definition) is 20. The molecule has 3 aliphatic carbocycles. The number of nitrogens with one attached hydrogen (secondary N) is 3. The van der Waals surface area contributed by atoms with E-state index in [0.717, 1.165) is 143 Å². The fourth-order valence-electron chi connectivity index (χ4n) is 22.3. The van der Waals surface area contributed by atoms with Gasteiger partial charge < -0.3 is 39.7 Å². The zero-order valence-corrected chi connectivity index (χ0v) is 76.8. The molecule has 13 aliphatic heterocycles. The van der Waals surface area contributed by atoms with Crippen molar-refractivity contribution in [2.75, 3.05) is 136 Å². The topological polar surface area (TPSA) is 260 Å². The lowest BCUT2D eigenvalue weighted by Gasteiger charge is -2.31. The summed E-state index contributed by atoms with van der Waals surface area (Å²) in [6, 6.07) is 41.8. The van der Waals surface area contributed by atoms with Crippen molar-refractivity contribution in [1.29, 1.82) is 0 Å². The van der Waals surface area contributed by atoms with Crippen LogP contribution in [0.1, 0.15) is 158 Å². The number of likely N-dealkylation sites (tertiary alicyclic amines) is 7. The highest BCUT2D eigenvalue weighted by molar-refractivity contribution is 6.33. The monoisotopic (exact) mass is 1730 g/mol. The Balaban J connectivity index is 0.000000113. The van der Waals surface area contributed by atoms with E-state index < -0.39 is 33.6 Å². The summed E-state index contributed by atoms with van der Waals surface area (Å²) in [4.78, 5) is 132. The molecule has 5 amide bonds. The molecule has 1 aromatic heterocycles. The van der Waals surface area contributed by atoms with Crippen LogP contribution < -0.4 is 20.9 Å². The smallest absolute Gasteiger partial charge is 0.342 e. The van der Waals surface area contributed by atoms with Gasteiger partial charge in [-0.3, -0.25) is 58.5 Å². The molecule has 24 nitrogen and oxygen atoms in total. The second-order valence-corrected chi connectivity index (χ2v) is 43.2. The van der Waals surface area contributed by atoms with Gasteiger partial charge in [-0.1, -0.05) is 188 Å². The van der Waals surface area contributed by atoms with E-state index in [1.54, 1.807) is 20.0 Å². The molecule has 3 N–H and O–H groups in total. The van der Waals surface area contributed by atoms with Crippen molar-refractivity contribution in [2.24, 2.45) is 82.7 Å². The summed E-state index contributed by atoms with van der Waals surface area (Å²) >= 11 is 12.2. The number of nitrogens with zero attached hydrogens (tertiary/aromatic N) is 10. The van der Waals surface area contributed by atoms with Crippen LogP contribution in [0.2, 0.25) is 10.3 Å². The average Bonchev–Trinajstić information content (AvgIpc) is 1.57. The van der Waals surface area contributed by atoms with Crippen LogP contribution in [0.3, 0.4) is 0 Å². The fourth-order valence-corrected chi connectivity index (χ4v) is 22.6. The zero-order valence-electron chi connectivity index (χ0n) is 75.3. The van der Waals surface area contributed by atoms with Gasteiger partial charge in [0.2, 0.25) is 34.8 Å². The van der Waals surface area contributed by atoms with Crippen molar-refractivity contribution in [2.45, 2.75) is 162 Å². The third kappa shape index (κ3) is 17.4. The Morgan fingerprint density at radius 2 is 0.645 bits per heavy atom. The molecule has 21 rings (SSSR count). The number of ether oxygens (including phenoxy) is 2. The van der Waals surface area contributed by atoms with E-state index in [1.165, 1.54) is 48.4 Å². The van der Waals surface area contributed by atoms with Crippen molar-refractivity contribution >= 4 is 82.4 Å². The molecular formula is C98H129Cl2N13O11. The fraction of sp³-hybridized carbons (Fsp3) is 0.602. The number of amides is 5. The van der Waals surface area contributed by atoms with Gasteiger partial charge in [-0.2, -0.15) is 4.98 Å². The summed E-state index contributed by atoms with van der Waals surface area (Å²) in [5.41, 5.74) is 5.54. The van der Waals surface area contributed by atoms with Gasteiger partial charge in [0.25, 0.3) is 0 Å². The zero-order chi connectivity index (χ0) is 88.8. The number of carbonyl (C=O) groups excluding carboxylic acids is 9. The highest BCUT2D eigenvalue weighted by atomic mass is 35.5. The summed E-state index contributed by atoms with van der Waals surface area (Å²) in [6.07, 6.45) is 8.15. The first-order valence-corrected chi connectivity index (χ1v) is 45.6. The largest absolute Gasteiger partial charge is 0.392 e. The molecule has 666 valence electrons. The number of carbonyl (C=O) groups is 9. The van der Waals surface area contributed by atoms with Crippen molar-refractivity contribution < 1.29 is 52.6 Å². The van der Waals surface area contributed by atoms with Crippen LogP contribution >= 0.6 is 23.2 Å². The summed E-state index contributed by atoms with van der Waals surface area (Å²) in [7, 11) is 0. The predicted molar refractivity (Wildman–Crippen MR) is 476 cm³/mol. The van der Waals surface area contributed by atoms with Gasteiger partial charge in [-0.25, -0.2) is 14.6 Å². The van der Waals surface area contributed by atoms with E-state index in [2.05, 4.69) is 210 Å². The number of rotatable bonds is 12. The standard InChI is InChI=1S/C19H26N2O.C16H20Cl2N4O.C15H18N2O2.C15H22N2.C15H17NO3.C12H20N2O.C6H6O3/c1-18-11-20(10-15-6-4-3-5-7-15)12-19(18,2)14-21(13-18)17(22)16-8-9-16;1-15-6-21(12-11(17)5-19-14(18)20-12)7-16(15,2)9-22(8-15)13(23)10-3-4-10;1-14-9-17(8-11-6-4-3-5-7-11)10-15(14,2)13(19)16-12(14)18;1-14-9-16-10-15(14,2)12-17(11-14)8-13-6-4-3-5-7-13;1-14-9-16(8-11-6-4-3-5-7-11)10-15(14,2)13(18)19-12(14)17;1-11-5-13-6-12(11,2)8-14(7-11)10(15)9-3-4-9;1-3-4(2)6(8)9-5(3)7/h3-7,16H,8-14H2,1-2H3;5,10H,3-4,6-9H2,1-2H3;3-7H,8-10H2,1-2H3,(H,16,18,19);3-7,16H,8-12H2,1-2H3;3-7H,8-10H2,1-2H3;9,13H,3-8H2,1-2H3;1-2H3/t18-,19+;15-,16+;3*14-,15+;11-,12+;. The predicted octanol–water partition coefficient (Wildman–Crippen LogP) is 11.8. The number of hydrogen-bond donors (Lipinski definition) is 3. The first-order chi connectivity index (χ1) is 58.5. The van der Waals surface area contributed by atoms with Gasteiger partial charge in [-0.15, -0.1) is 0 Å². The quantitative estimate of drug-likeness (QED) is 0.0454. The lowest BCUT2D eigenvalue weighted by Crippen LogP contribution is -2.38. The van der Waals surface area contributed by atoms with Crippen molar-refractivity contribution in [3.63, 3.8) is 0 Å². The Hall–Kier alpha value is -8.33. The molecular weight excluding hydrogens is 1610 g/mol. The number of cyclic esters (lactones) is 4. The highest BCUT2D eigenvalue weighted by Crippen LogP contribution is 2.58. The van der Waals surface area contributed by atoms with E-state index in [-0.39, 0.29) is 56.6 Å².